The summed E-state index contributed by atoms with van der Waals surface area (Å²) in [5, 5.41) is 2.70. The van der Waals surface area contributed by atoms with Crippen LogP contribution in [0.1, 0.15) is 11.1 Å². The Morgan fingerprint density at radius 2 is 2.00 bits per heavy atom. The fourth-order valence-electron chi connectivity index (χ4n) is 1.59. The molecular formula is C15H13FN2O. The second-order valence-electron chi connectivity index (χ2n) is 4.06. The minimum absolute atomic E-state index is 0.258. The van der Waals surface area contributed by atoms with E-state index in [-0.39, 0.29) is 11.7 Å². The number of carbonyl (C=O) groups is 1. The number of hydrogen-bond donors (Lipinski definition) is 1. The first-order chi connectivity index (χ1) is 9.15. The molecule has 0 fully saturated rings. The Morgan fingerprint density at radius 1 is 1.26 bits per heavy atom. The van der Waals surface area contributed by atoms with Crippen molar-refractivity contribution in [3.63, 3.8) is 0 Å². The highest BCUT2D eigenvalue weighted by Crippen LogP contribution is 2.15. The standard InChI is InChI=1S/C15H13FN2O/c1-11-10-13(16)3-4-14(11)18-15(19)5-2-12-6-8-17-9-7-12/h2-10H,1H3,(H,18,19)/b5-2+. The van der Waals surface area contributed by atoms with Crippen molar-refractivity contribution in [2.45, 2.75) is 6.92 Å². The minimum atomic E-state index is -0.317. The number of pyridine rings is 1. The fraction of sp³-hybridized carbons (Fsp3) is 0.0667. The van der Waals surface area contributed by atoms with Crippen LogP contribution in [0.15, 0.2) is 48.8 Å². The zero-order chi connectivity index (χ0) is 13.7. The summed E-state index contributed by atoms with van der Waals surface area (Å²) in [5.41, 5.74) is 2.18. The van der Waals surface area contributed by atoms with Crippen LogP contribution in [-0.4, -0.2) is 10.9 Å². The van der Waals surface area contributed by atoms with Crippen LogP contribution in [0.5, 0.6) is 0 Å². The van der Waals surface area contributed by atoms with Crippen LogP contribution >= 0.6 is 0 Å². The predicted molar refractivity (Wildman–Crippen MR) is 73.0 cm³/mol. The van der Waals surface area contributed by atoms with Crippen molar-refractivity contribution < 1.29 is 9.18 Å². The summed E-state index contributed by atoms with van der Waals surface area (Å²) in [4.78, 5) is 15.6. The van der Waals surface area contributed by atoms with Gasteiger partial charge in [0.2, 0.25) is 5.91 Å². The Morgan fingerprint density at radius 3 is 2.68 bits per heavy atom. The van der Waals surface area contributed by atoms with Crippen LogP contribution in [0.4, 0.5) is 10.1 Å². The number of hydrogen-bond acceptors (Lipinski definition) is 2. The Bertz CT molecular complexity index is 609. The molecule has 0 aliphatic heterocycles. The van der Waals surface area contributed by atoms with Crippen LogP contribution in [0, 0.1) is 12.7 Å². The number of anilines is 1. The summed E-state index contributed by atoms with van der Waals surface area (Å²) in [7, 11) is 0. The molecule has 0 atom stereocenters. The maximum Gasteiger partial charge on any atom is 0.248 e. The van der Waals surface area contributed by atoms with E-state index >= 15 is 0 Å². The lowest BCUT2D eigenvalue weighted by Crippen LogP contribution is -2.08. The Labute approximate surface area is 110 Å². The van der Waals surface area contributed by atoms with Gasteiger partial charge in [-0.1, -0.05) is 0 Å². The molecular weight excluding hydrogens is 243 g/mol. The number of aromatic nitrogens is 1. The Kier molecular flexibility index (Phi) is 4.03. The lowest BCUT2D eigenvalue weighted by molar-refractivity contribution is -0.111. The van der Waals surface area contributed by atoms with Gasteiger partial charge in [0.05, 0.1) is 0 Å². The first-order valence-corrected chi connectivity index (χ1v) is 5.80. The number of benzene rings is 1. The molecule has 2 aromatic rings. The summed E-state index contributed by atoms with van der Waals surface area (Å²) in [6.45, 7) is 1.74. The van der Waals surface area contributed by atoms with Crippen molar-refractivity contribution in [3.05, 3.63) is 65.7 Å². The molecule has 4 heteroatoms. The van der Waals surface area contributed by atoms with Gasteiger partial charge in [-0.15, -0.1) is 0 Å². The summed E-state index contributed by atoms with van der Waals surface area (Å²) in [6, 6.07) is 7.83. The highest BCUT2D eigenvalue weighted by atomic mass is 19.1. The molecule has 0 aliphatic carbocycles. The predicted octanol–water partition coefficient (Wildman–Crippen LogP) is 3.18. The van der Waals surface area contributed by atoms with Crippen LogP contribution in [0.25, 0.3) is 6.08 Å². The molecule has 0 saturated carbocycles. The monoisotopic (exact) mass is 256 g/mol. The maximum absolute atomic E-state index is 12.9. The molecule has 1 aromatic carbocycles. The van der Waals surface area contributed by atoms with Gasteiger partial charge < -0.3 is 5.32 Å². The zero-order valence-electron chi connectivity index (χ0n) is 10.4. The van der Waals surface area contributed by atoms with Gasteiger partial charge in [-0.05, 0) is 54.5 Å². The highest BCUT2D eigenvalue weighted by Gasteiger charge is 2.02. The molecule has 0 saturated heterocycles. The largest absolute Gasteiger partial charge is 0.322 e. The zero-order valence-corrected chi connectivity index (χ0v) is 10.4. The number of nitrogens with one attached hydrogen (secondary N) is 1. The molecule has 2 rings (SSSR count). The van der Waals surface area contributed by atoms with Crippen molar-refractivity contribution in [3.8, 4) is 0 Å². The SMILES string of the molecule is Cc1cc(F)ccc1NC(=O)/C=C/c1ccncc1. The van der Waals surface area contributed by atoms with E-state index in [0.29, 0.717) is 11.3 Å². The lowest BCUT2D eigenvalue weighted by atomic mass is 10.2. The maximum atomic E-state index is 12.9. The molecule has 1 aromatic heterocycles. The van der Waals surface area contributed by atoms with Gasteiger partial charge in [0.25, 0.3) is 0 Å². The second kappa shape index (κ2) is 5.91. The van der Waals surface area contributed by atoms with Gasteiger partial charge in [0.1, 0.15) is 5.82 Å². The normalized spacial score (nSPS) is 10.6. The topological polar surface area (TPSA) is 42.0 Å². The smallest absolute Gasteiger partial charge is 0.248 e. The third kappa shape index (κ3) is 3.74. The summed E-state index contributed by atoms with van der Waals surface area (Å²) in [5.74, 6) is -0.575. The van der Waals surface area contributed by atoms with E-state index in [4.69, 9.17) is 0 Å². The van der Waals surface area contributed by atoms with Gasteiger partial charge >= 0.3 is 0 Å². The number of halogens is 1. The third-order valence-electron chi connectivity index (χ3n) is 2.58. The van der Waals surface area contributed by atoms with Gasteiger partial charge in [0, 0.05) is 24.2 Å². The van der Waals surface area contributed by atoms with Gasteiger partial charge in [-0.3, -0.25) is 9.78 Å². The van der Waals surface area contributed by atoms with Crippen molar-refractivity contribution >= 4 is 17.7 Å². The molecule has 0 unspecified atom stereocenters. The summed E-state index contributed by atoms with van der Waals surface area (Å²) >= 11 is 0. The molecule has 96 valence electrons. The first-order valence-electron chi connectivity index (χ1n) is 5.80. The molecule has 0 radical (unpaired) electrons. The number of carbonyl (C=O) groups excluding carboxylic acids is 1. The molecule has 1 N–H and O–H groups in total. The molecule has 1 amide bonds. The second-order valence-corrected chi connectivity index (χ2v) is 4.06. The fourth-order valence-corrected chi connectivity index (χ4v) is 1.59. The number of amides is 1. The van der Waals surface area contributed by atoms with E-state index < -0.39 is 0 Å². The molecule has 0 bridgehead atoms. The van der Waals surface area contributed by atoms with Crippen molar-refractivity contribution in [2.24, 2.45) is 0 Å². The van der Waals surface area contributed by atoms with E-state index in [1.807, 2.05) is 0 Å². The van der Waals surface area contributed by atoms with Gasteiger partial charge in [-0.25, -0.2) is 4.39 Å². The Balaban J connectivity index is 2.04. The van der Waals surface area contributed by atoms with Crippen molar-refractivity contribution in [1.29, 1.82) is 0 Å². The first kappa shape index (κ1) is 13.0. The number of aryl methyl sites for hydroxylation is 1. The van der Waals surface area contributed by atoms with E-state index in [0.717, 1.165) is 5.56 Å². The quantitative estimate of drug-likeness (QED) is 0.857. The molecule has 3 nitrogen and oxygen atoms in total. The number of nitrogens with zero attached hydrogens (tertiary/aromatic N) is 1. The average Bonchev–Trinajstić information content (AvgIpc) is 2.41. The molecule has 0 spiro atoms. The lowest BCUT2D eigenvalue weighted by Gasteiger charge is -2.05. The summed E-state index contributed by atoms with van der Waals surface area (Å²) in [6.07, 6.45) is 6.43. The molecule has 19 heavy (non-hydrogen) atoms. The van der Waals surface area contributed by atoms with E-state index in [9.17, 15) is 9.18 Å². The van der Waals surface area contributed by atoms with E-state index in [1.165, 1.54) is 18.2 Å². The Hall–Kier alpha value is -2.49. The van der Waals surface area contributed by atoms with Gasteiger partial charge in [-0.2, -0.15) is 0 Å². The molecule has 1 heterocycles. The minimum Gasteiger partial charge on any atom is -0.322 e. The van der Waals surface area contributed by atoms with Crippen molar-refractivity contribution in [2.75, 3.05) is 5.32 Å². The summed E-state index contributed by atoms with van der Waals surface area (Å²) < 4.78 is 12.9. The highest BCUT2D eigenvalue weighted by molar-refractivity contribution is 6.02. The van der Waals surface area contributed by atoms with Crippen LogP contribution in [-0.2, 0) is 4.79 Å². The average molecular weight is 256 g/mol. The van der Waals surface area contributed by atoms with Crippen molar-refractivity contribution in [1.82, 2.24) is 4.98 Å². The number of rotatable bonds is 3. The third-order valence-corrected chi connectivity index (χ3v) is 2.58. The molecule has 0 aliphatic rings. The van der Waals surface area contributed by atoms with Crippen LogP contribution in [0.2, 0.25) is 0 Å². The van der Waals surface area contributed by atoms with Gasteiger partial charge in [0.15, 0.2) is 0 Å². The van der Waals surface area contributed by atoms with E-state index in [2.05, 4.69) is 10.3 Å². The van der Waals surface area contributed by atoms with Crippen LogP contribution in [0.3, 0.4) is 0 Å². The van der Waals surface area contributed by atoms with E-state index in [1.54, 1.807) is 43.6 Å². The van der Waals surface area contributed by atoms with Crippen LogP contribution < -0.4 is 5.32 Å².